The van der Waals surface area contributed by atoms with Crippen molar-refractivity contribution in [3.05, 3.63) is 18.1 Å². The van der Waals surface area contributed by atoms with E-state index in [1.165, 1.54) is 0 Å². The number of rotatable bonds is 4. The first-order chi connectivity index (χ1) is 12.5. The lowest BCUT2D eigenvalue weighted by molar-refractivity contribution is -0.129. The third kappa shape index (κ3) is 3.16. The van der Waals surface area contributed by atoms with Gasteiger partial charge in [0.25, 0.3) is 0 Å². The number of H-pyrrole nitrogens is 1. The molecule has 138 valence electrons. The van der Waals surface area contributed by atoms with Gasteiger partial charge in [-0.25, -0.2) is 14.8 Å². The van der Waals surface area contributed by atoms with Crippen LogP contribution in [-0.2, 0) is 4.79 Å². The Morgan fingerprint density at radius 2 is 2.04 bits per heavy atom. The molecule has 1 aliphatic carbocycles. The molecule has 1 unspecified atom stereocenters. The van der Waals surface area contributed by atoms with Crippen LogP contribution in [0.3, 0.4) is 0 Å². The molecule has 0 aromatic carbocycles. The van der Waals surface area contributed by atoms with Crippen LogP contribution in [0.2, 0.25) is 0 Å². The molecular weight excluding hydrogens is 336 g/mol. The van der Waals surface area contributed by atoms with Crippen molar-refractivity contribution in [1.82, 2.24) is 25.2 Å². The molecule has 2 aromatic rings. The summed E-state index contributed by atoms with van der Waals surface area (Å²) in [6.45, 7) is 3.13. The molecule has 26 heavy (non-hydrogen) atoms. The highest BCUT2D eigenvalue weighted by Crippen LogP contribution is 2.39. The fourth-order valence-electron chi connectivity index (χ4n) is 4.24. The summed E-state index contributed by atoms with van der Waals surface area (Å²) in [4.78, 5) is 36.4. The van der Waals surface area contributed by atoms with Gasteiger partial charge in [-0.1, -0.05) is 0 Å². The number of anilines is 1. The van der Waals surface area contributed by atoms with Gasteiger partial charge >= 0.3 is 6.09 Å². The molecule has 9 heteroatoms. The molecule has 2 amide bonds. The summed E-state index contributed by atoms with van der Waals surface area (Å²) in [7, 11) is 0. The Balaban J connectivity index is 1.37. The number of fused-ring (bicyclic) bond motifs is 2. The van der Waals surface area contributed by atoms with E-state index in [1.807, 2.05) is 19.2 Å². The minimum Gasteiger partial charge on any atom is -0.465 e. The molecule has 0 spiro atoms. The number of hydrogen-bond donors (Lipinski definition) is 4. The molecule has 1 saturated heterocycles. The second kappa shape index (κ2) is 6.47. The van der Waals surface area contributed by atoms with Gasteiger partial charge in [-0.3, -0.25) is 4.79 Å². The van der Waals surface area contributed by atoms with Crippen molar-refractivity contribution in [3.8, 4) is 0 Å². The molecule has 0 bridgehead atoms. The number of hydrogen-bond acceptors (Lipinski definition) is 5. The molecule has 2 aromatic heterocycles. The van der Waals surface area contributed by atoms with E-state index in [0.717, 1.165) is 35.5 Å². The summed E-state index contributed by atoms with van der Waals surface area (Å²) >= 11 is 0. The normalized spacial score (nSPS) is 24.7. The van der Waals surface area contributed by atoms with Gasteiger partial charge in [-0.15, -0.1) is 0 Å². The Labute approximate surface area is 150 Å². The summed E-state index contributed by atoms with van der Waals surface area (Å²) in [6, 6.07) is 2.30. The number of nitrogens with zero attached hydrogens (tertiary/aromatic N) is 3. The van der Waals surface area contributed by atoms with Crippen LogP contribution in [0.1, 0.15) is 18.7 Å². The van der Waals surface area contributed by atoms with E-state index >= 15 is 0 Å². The lowest BCUT2D eigenvalue weighted by Crippen LogP contribution is -2.39. The zero-order valence-corrected chi connectivity index (χ0v) is 14.5. The first-order valence-electron chi connectivity index (χ1n) is 8.82. The molecule has 1 saturated carbocycles. The Kier molecular flexibility index (Phi) is 4.14. The van der Waals surface area contributed by atoms with Crippen molar-refractivity contribution in [1.29, 1.82) is 0 Å². The fraction of sp³-hybridized carbons (Fsp3) is 0.529. The number of aromatic amines is 1. The van der Waals surface area contributed by atoms with Crippen molar-refractivity contribution in [2.75, 3.05) is 25.0 Å². The van der Waals surface area contributed by atoms with Gasteiger partial charge in [0.05, 0.1) is 5.39 Å². The Bertz CT molecular complexity index is 836. The molecular formula is C17H22N6O3. The summed E-state index contributed by atoms with van der Waals surface area (Å²) in [5.74, 6) is 2.34. The van der Waals surface area contributed by atoms with E-state index in [4.69, 9.17) is 5.11 Å². The molecule has 1 aliphatic heterocycles. The smallest absolute Gasteiger partial charge is 0.405 e. The van der Waals surface area contributed by atoms with Crippen LogP contribution < -0.4 is 10.6 Å². The average Bonchev–Trinajstić information content (AvgIpc) is 3.26. The molecule has 4 rings (SSSR count). The van der Waals surface area contributed by atoms with Gasteiger partial charge in [0.1, 0.15) is 23.8 Å². The highest BCUT2D eigenvalue weighted by atomic mass is 16.4. The van der Waals surface area contributed by atoms with Crippen LogP contribution >= 0.6 is 0 Å². The van der Waals surface area contributed by atoms with Crippen LogP contribution in [0.15, 0.2) is 12.3 Å². The predicted molar refractivity (Wildman–Crippen MR) is 94.9 cm³/mol. The third-order valence-electron chi connectivity index (χ3n) is 5.36. The first kappa shape index (κ1) is 16.6. The lowest BCUT2D eigenvalue weighted by atomic mass is 10.0. The third-order valence-corrected chi connectivity index (χ3v) is 5.36. The topological polar surface area (TPSA) is 123 Å². The van der Waals surface area contributed by atoms with Crippen molar-refractivity contribution in [3.63, 3.8) is 0 Å². The molecule has 3 heterocycles. The minimum absolute atomic E-state index is 0.147. The quantitative estimate of drug-likeness (QED) is 0.651. The molecule has 3 atom stereocenters. The largest absolute Gasteiger partial charge is 0.465 e. The van der Waals surface area contributed by atoms with E-state index in [9.17, 15) is 9.59 Å². The molecule has 9 nitrogen and oxygen atoms in total. The van der Waals surface area contributed by atoms with Gasteiger partial charge in [-0.05, 0) is 37.7 Å². The van der Waals surface area contributed by atoms with Crippen molar-refractivity contribution >= 4 is 28.9 Å². The van der Waals surface area contributed by atoms with Crippen LogP contribution in [0.4, 0.5) is 10.6 Å². The number of carbonyl (C=O) groups is 2. The SMILES string of the molecule is Cc1nc(NC2C[C@@H]3CN(C(=O)CNC(=O)O)C[C@@H]3C2)c2cc[nH]c2n1. The van der Waals surface area contributed by atoms with Gasteiger partial charge in [0, 0.05) is 25.3 Å². The zero-order chi connectivity index (χ0) is 18.3. The summed E-state index contributed by atoms with van der Waals surface area (Å²) in [5, 5.41) is 15.3. The predicted octanol–water partition coefficient (Wildman–Crippen LogP) is 1.18. The number of aryl methyl sites for hydroxylation is 1. The van der Waals surface area contributed by atoms with E-state index in [0.29, 0.717) is 31.0 Å². The number of nitrogens with one attached hydrogen (secondary N) is 3. The number of likely N-dealkylation sites (tertiary alicyclic amines) is 1. The van der Waals surface area contributed by atoms with Crippen molar-refractivity contribution in [2.45, 2.75) is 25.8 Å². The number of aromatic nitrogens is 3. The van der Waals surface area contributed by atoms with Crippen LogP contribution in [0.25, 0.3) is 11.0 Å². The first-order valence-corrected chi connectivity index (χ1v) is 8.82. The fourth-order valence-corrected chi connectivity index (χ4v) is 4.24. The van der Waals surface area contributed by atoms with Gasteiger partial charge in [0.2, 0.25) is 5.91 Å². The van der Waals surface area contributed by atoms with Crippen LogP contribution in [0, 0.1) is 18.8 Å². The van der Waals surface area contributed by atoms with Gasteiger partial charge < -0.3 is 25.6 Å². The highest BCUT2D eigenvalue weighted by molar-refractivity contribution is 5.87. The maximum Gasteiger partial charge on any atom is 0.405 e. The molecule has 2 aliphatic rings. The Morgan fingerprint density at radius 1 is 1.31 bits per heavy atom. The standard InChI is InChI=1S/C17H22N6O3/c1-9-20-15-13(2-3-18-15)16(21-9)22-12-4-10-7-23(8-11(10)5-12)14(24)6-19-17(25)26/h2-3,10-12,19H,4-8H2,1H3,(H,25,26)(H2,18,20,21,22)/t10-,11+,12?. The average molecular weight is 358 g/mol. The van der Waals surface area contributed by atoms with Crippen LogP contribution in [-0.4, -0.2) is 62.6 Å². The Morgan fingerprint density at radius 3 is 2.73 bits per heavy atom. The highest BCUT2D eigenvalue weighted by Gasteiger charge is 2.42. The zero-order valence-electron chi connectivity index (χ0n) is 14.5. The van der Waals surface area contributed by atoms with Crippen molar-refractivity contribution < 1.29 is 14.7 Å². The van der Waals surface area contributed by atoms with Gasteiger partial charge in [-0.2, -0.15) is 0 Å². The number of amides is 2. The maximum absolute atomic E-state index is 12.1. The summed E-state index contributed by atoms with van der Waals surface area (Å²) < 4.78 is 0. The molecule has 0 radical (unpaired) electrons. The van der Waals surface area contributed by atoms with E-state index < -0.39 is 6.09 Å². The number of carboxylic acid groups (broad SMARTS) is 1. The van der Waals surface area contributed by atoms with E-state index in [-0.39, 0.29) is 12.5 Å². The maximum atomic E-state index is 12.1. The molecule has 2 fully saturated rings. The van der Waals surface area contributed by atoms with Gasteiger partial charge in [0.15, 0.2) is 0 Å². The van der Waals surface area contributed by atoms with E-state index in [2.05, 4.69) is 25.6 Å². The number of carbonyl (C=O) groups excluding carboxylic acids is 1. The summed E-state index contributed by atoms with van der Waals surface area (Å²) in [6.07, 6.45) is 2.66. The second-order valence-electron chi connectivity index (χ2n) is 7.15. The minimum atomic E-state index is -1.17. The van der Waals surface area contributed by atoms with Crippen LogP contribution in [0.5, 0.6) is 0 Å². The van der Waals surface area contributed by atoms with Crippen molar-refractivity contribution in [2.24, 2.45) is 11.8 Å². The van der Waals surface area contributed by atoms with E-state index in [1.54, 1.807) is 4.90 Å². The molecule has 4 N–H and O–H groups in total. The summed E-state index contributed by atoms with van der Waals surface area (Å²) in [5.41, 5.74) is 0.834. The second-order valence-corrected chi connectivity index (χ2v) is 7.15. The Hall–Kier alpha value is -2.84. The lowest BCUT2D eigenvalue weighted by Gasteiger charge is -2.20. The monoisotopic (exact) mass is 358 g/mol.